The molecule has 1 N–H and O–H groups in total. The molecule has 174 valence electrons. The van der Waals surface area contributed by atoms with Gasteiger partial charge in [0.15, 0.2) is 0 Å². The second-order valence-corrected chi connectivity index (χ2v) is 9.11. The molecule has 2 saturated heterocycles. The lowest BCUT2D eigenvalue weighted by Gasteiger charge is -2.35. The molecular weight excluding hydrogens is 428 g/mol. The number of rotatable bonds is 5. The van der Waals surface area contributed by atoms with Gasteiger partial charge in [0.2, 0.25) is 5.91 Å². The second-order valence-electron chi connectivity index (χ2n) is 9.11. The Bertz CT molecular complexity index is 1230. The zero-order valence-corrected chi connectivity index (χ0v) is 19.2. The standard InChI is InChI=1S/C27H28N4O3/c1-27(22-11-3-2-4-12-22)25(33)31(26(34)28-27)19-24(32)30-16-14-29(15-17-30)18-21-10-7-9-20-8-5-6-13-23(20)21/h2-13H,14-19H2,1H3,(H,28,34)/t27-/m0/s1. The summed E-state index contributed by atoms with van der Waals surface area (Å²) in [5, 5.41) is 5.24. The van der Waals surface area contributed by atoms with Crippen LogP contribution in [0.15, 0.2) is 72.8 Å². The van der Waals surface area contributed by atoms with E-state index in [1.54, 1.807) is 24.0 Å². The topological polar surface area (TPSA) is 73.0 Å². The van der Waals surface area contributed by atoms with Gasteiger partial charge in [0.05, 0.1) is 0 Å². The monoisotopic (exact) mass is 456 g/mol. The van der Waals surface area contributed by atoms with Crippen molar-refractivity contribution >= 4 is 28.6 Å². The number of carbonyl (C=O) groups excluding carboxylic acids is 3. The first-order valence-corrected chi connectivity index (χ1v) is 11.6. The predicted molar refractivity (Wildman–Crippen MR) is 130 cm³/mol. The van der Waals surface area contributed by atoms with E-state index in [0.717, 1.165) is 24.5 Å². The van der Waals surface area contributed by atoms with E-state index < -0.39 is 17.5 Å². The van der Waals surface area contributed by atoms with Gasteiger partial charge >= 0.3 is 6.03 Å². The second kappa shape index (κ2) is 8.91. The summed E-state index contributed by atoms with van der Waals surface area (Å²) in [4.78, 5) is 43.7. The minimum atomic E-state index is -1.16. The molecule has 4 amide bonds. The molecule has 2 heterocycles. The molecule has 0 saturated carbocycles. The van der Waals surface area contributed by atoms with E-state index in [1.165, 1.54) is 16.3 Å². The molecule has 3 aromatic carbocycles. The Morgan fingerprint density at radius 1 is 0.882 bits per heavy atom. The minimum Gasteiger partial charge on any atom is -0.339 e. The third-order valence-electron chi connectivity index (χ3n) is 6.92. The van der Waals surface area contributed by atoms with Gasteiger partial charge in [-0.3, -0.25) is 19.4 Å². The van der Waals surface area contributed by atoms with Crippen LogP contribution in [0.2, 0.25) is 0 Å². The van der Waals surface area contributed by atoms with Crippen molar-refractivity contribution in [2.75, 3.05) is 32.7 Å². The number of fused-ring (bicyclic) bond motifs is 1. The van der Waals surface area contributed by atoms with Gasteiger partial charge in [0, 0.05) is 32.7 Å². The van der Waals surface area contributed by atoms with E-state index >= 15 is 0 Å². The Morgan fingerprint density at radius 3 is 2.32 bits per heavy atom. The highest BCUT2D eigenvalue weighted by atomic mass is 16.2. The van der Waals surface area contributed by atoms with Crippen molar-refractivity contribution < 1.29 is 14.4 Å². The lowest BCUT2D eigenvalue weighted by atomic mass is 9.92. The molecule has 0 aliphatic carbocycles. The van der Waals surface area contributed by atoms with Crippen molar-refractivity contribution in [1.82, 2.24) is 20.0 Å². The lowest BCUT2D eigenvalue weighted by Crippen LogP contribution is -2.51. The summed E-state index contributed by atoms with van der Waals surface area (Å²) in [5.41, 5.74) is 0.818. The van der Waals surface area contributed by atoms with E-state index in [4.69, 9.17) is 0 Å². The Kier molecular flexibility index (Phi) is 5.79. The van der Waals surface area contributed by atoms with Crippen LogP contribution in [0.1, 0.15) is 18.1 Å². The average Bonchev–Trinajstić information content (AvgIpc) is 3.09. The van der Waals surface area contributed by atoms with Gasteiger partial charge in [-0.1, -0.05) is 72.8 Å². The van der Waals surface area contributed by atoms with Crippen LogP contribution in [0.25, 0.3) is 10.8 Å². The zero-order valence-electron chi connectivity index (χ0n) is 19.2. The number of carbonyl (C=O) groups is 3. The molecule has 0 spiro atoms. The highest BCUT2D eigenvalue weighted by Crippen LogP contribution is 2.28. The number of nitrogens with zero attached hydrogens (tertiary/aromatic N) is 3. The van der Waals surface area contributed by atoms with Gasteiger partial charge in [-0.2, -0.15) is 0 Å². The van der Waals surface area contributed by atoms with Crippen molar-refractivity contribution in [2.24, 2.45) is 0 Å². The fraction of sp³-hybridized carbons (Fsp3) is 0.296. The van der Waals surface area contributed by atoms with Gasteiger partial charge in [-0.05, 0) is 28.8 Å². The van der Waals surface area contributed by atoms with Crippen LogP contribution in [0.3, 0.4) is 0 Å². The van der Waals surface area contributed by atoms with Crippen LogP contribution in [-0.2, 0) is 21.7 Å². The number of imide groups is 1. The summed E-state index contributed by atoms with van der Waals surface area (Å²) in [6, 6.07) is 23.3. The smallest absolute Gasteiger partial charge is 0.325 e. The molecular formula is C27H28N4O3. The van der Waals surface area contributed by atoms with E-state index in [2.05, 4.69) is 46.6 Å². The first-order valence-electron chi connectivity index (χ1n) is 11.6. The van der Waals surface area contributed by atoms with Gasteiger partial charge in [-0.15, -0.1) is 0 Å². The summed E-state index contributed by atoms with van der Waals surface area (Å²) in [6.07, 6.45) is 0. The first-order chi connectivity index (χ1) is 16.5. The Labute approximate surface area is 198 Å². The number of nitrogens with one attached hydrogen (secondary N) is 1. The Morgan fingerprint density at radius 2 is 1.56 bits per heavy atom. The predicted octanol–water partition coefficient (Wildman–Crippen LogP) is 2.95. The lowest BCUT2D eigenvalue weighted by molar-refractivity contribution is -0.139. The van der Waals surface area contributed by atoms with Crippen molar-refractivity contribution in [3.63, 3.8) is 0 Å². The van der Waals surface area contributed by atoms with Crippen LogP contribution in [0, 0.1) is 0 Å². The quantitative estimate of drug-likeness (QED) is 0.599. The molecule has 7 heteroatoms. The molecule has 0 radical (unpaired) electrons. The van der Waals surface area contributed by atoms with Crippen molar-refractivity contribution in [2.45, 2.75) is 19.0 Å². The molecule has 0 aromatic heterocycles. The molecule has 2 fully saturated rings. The molecule has 1 atom stereocenters. The van der Waals surface area contributed by atoms with E-state index in [-0.39, 0.29) is 12.5 Å². The molecule has 34 heavy (non-hydrogen) atoms. The van der Waals surface area contributed by atoms with Crippen LogP contribution < -0.4 is 5.32 Å². The largest absolute Gasteiger partial charge is 0.339 e. The summed E-state index contributed by atoms with van der Waals surface area (Å²) in [6.45, 7) is 4.90. The van der Waals surface area contributed by atoms with Crippen molar-refractivity contribution in [3.05, 3.63) is 83.9 Å². The number of hydrogen-bond acceptors (Lipinski definition) is 4. The van der Waals surface area contributed by atoms with Crippen LogP contribution >= 0.6 is 0 Å². The normalized spacial score (nSPS) is 21.2. The van der Waals surface area contributed by atoms with E-state index in [1.807, 2.05) is 24.3 Å². The maximum atomic E-state index is 13.1. The Balaban J connectivity index is 1.19. The third-order valence-corrected chi connectivity index (χ3v) is 6.92. The van der Waals surface area contributed by atoms with Crippen LogP contribution in [-0.4, -0.2) is 65.3 Å². The minimum absolute atomic E-state index is 0.203. The highest BCUT2D eigenvalue weighted by molar-refractivity contribution is 6.09. The molecule has 0 bridgehead atoms. The van der Waals surface area contributed by atoms with Crippen LogP contribution in [0.4, 0.5) is 4.79 Å². The summed E-state index contributed by atoms with van der Waals surface area (Å²) >= 11 is 0. The Hall–Kier alpha value is -3.71. The molecule has 5 rings (SSSR count). The maximum Gasteiger partial charge on any atom is 0.325 e. The third kappa shape index (κ3) is 4.03. The summed E-state index contributed by atoms with van der Waals surface area (Å²) in [7, 11) is 0. The zero-order chi connectivity index (χ0) is 23.7. The molecule has 7 nitrogen and oxygen atoms in total. The number of amides is 4. The van der Waals surface area contributed by atoms with Gasteiger partial charge in [0.25, 0.3) is 5.91 Å². The van der Waals surface area contributed by atoms with Gasteiger partial charge in [-0.25, -0.2) is 4.79 Å². The fourth-order valence-electron chi connectivity index (χ4n) is 4.87. The summed E-state index contributed by atoms with van der Waals surface area (Å²) in [5.74, 6) is -0.600. The highest BCUT2D eigenvalue weighted by Gasteiger charge is 2.49. The molecule has 2 aliphatic heterocycles. The van der Waals surface area contributed by atoms with Crippen molar-refractivity contribution in [1.29, 1.82) is 0 Å². The van der Waals surface area contributed by atoms with Crippen molar-refractivity contribution in [3.8, 4) is 0 Å². The van der Waals surface area contributed by atoms with Gasteiger partial charge < -0.3 is 10.2 Å². The maximum absolute atomic E-state index is 13.1. The number of piperazine rings is 1. The fourth-order valence-corrected chi connectivity index (χ4v) is 4.87. The number of urea groups is 1. The number of hydrogen-bond donors (Lipinski definition) is 1. The van der Waals surface area contributed by atoms with Gasteiger partial charge in [0.1, 0.15) is 12.1 Å². The van der Waals surface area contributed by atoms with E-state index in [9.17, 15) is 14.4 Å². The molecule has 0 unspecified atom stereocenters. The average molecular weight is 457 g/mol. The molecule has 2 aliphatic rings. The van der Waals surface area contributed by atoms with E-state index in [0.29, 0.717) is 18.7 Å². The first kappa shape index (κ1) is 22.1. The summed E-state index contributed by atoms with van der Waals surface area (Å²) < 4.78 is 0. The number of benzene rings is 3. The SMILES string of the molecule is C[C@@]1(c2ccccc2)NC(=O)N(CC(=O)N2CCN(Cc3cccc4ccccc34)CC2)C1=O. The molecule has 3 aromatic rings. The van der Waals surface area contributed by atoms with Crippen LogP contribution in [0.5, 0.6) is 0 Å².